The Hall–Kier alpha value is -3.36. The highest BCUT2D eigenvalue weighted by atomic mass is 32.2. The Morgan fingerprint density at radius 3 is 2.43 bits per heavy atom. The van der Waals surface area contributed by atoms with E-state index in [2.05, 4.69) is 29.6 Å². The summed E-state index contributed by atoms with van der Waals surface area (Å²) in [5, 5.41) is 3.12. The van der Waals surface area contributed by atoms with E-state index in [4.69, 9.17) is 4.74 Å². The van der Waals surface area contributed by atoms with Crippen molar-refractivity contribution in [1.29, 1.82) is 0 Å². The van der Waals surface area contributed by atoms with Crippen LogP contribution in [0.5, 0.6) is 5.75 Å². The van der Waals surface area contributed by atoms with Crippen LogP contribution in [0, 0.1) is 0 Å². The van der Waals surface area contributed by atoms with E-state index in [-0.39, 0.29) is 17.0 Å². The Morgan fingerprint density at radius 1 is 0.914 bits per heavy atom. The lowest BCUT2D eigenvalue weighted by molar-refractivity contribution is 0.233. The summed E-state index contributed by atoms with van der Waals surface area (Å²) in [7, 11) is -2.08. The lowest BCUT2D eigenvalue weighted by Gasteiger charge is -2.32. The van der Waals surface area contributed by atoms with Crippen molar-refractivity contribution >= 4 is 21.7 Å². The van der Waals surface area contributed by atoms with Gasteiger partial charge in [0.2, 0.25) is 10.0 Å². The summed E-state index contributed by atoms with van der Waals surface area (Å²) in [6, 6.07) is 22.8. The van der Waals surface area contributed by atoms with Crippen molar-refractivity contribution in [3.05, 3.63) is 78.4 Å². The van der Waals surface area contributed by atoms with Gasteiger partial charge >= 0.3 is 6.03 Å². The predicted molar refractivity (Wildman–Crippen MR) is 136 cm³/mol. The first-order valence-corrected chi connectivity index (χ1v) is 13.3. The number of carbonyl (C=O) groups is 1. The Kier molecular flexibility index (Phi) is 6.49. The molecule has 0 bridgehead atoms. The largest absolute Gasteiger partial charge is 0.497 e. The minimum atomic E-state index is -3.60. The average Bonchev–Trinajstić information content (AvgIpc) is 3.33. The van der Waals surface area contributed by atoms with Gasteiger partial charge in [-0.2, -0.15) is 4.31 Å². The third-order valence-corrected chi connectivity index (χ3v) is 8.68. The highest BCUT2D eigenvalue weighted by Crippen LogP contribution is 2.32. The standard InChI is InChI=1S/C27H29N3O4S/c1-34-24-8-5-9-25(19-24)35(32,33)29-15-13-23(14-16-29)28-27(31)30-17-12-22-18-21(10-11-26(22)30)20-6-3-2-4-7-20/h2-11,18-19,23H,12-17H2,1H3,(H,28,31). The van der Waals surface area contributed by atoms with Gasteiger partial charge in [0, 0.05) is 37.4 Å². The zero-order chi connectivity index (χ0) is 24.4. The number of benzene rings is 3. The fourth-order valence-electron chi connectivity index (χ4n) is 4.83. The fraction of sp³-hybridized carbons (Fsp3) is 0.296. The smallest absolute Gasteiger partial charge is 0.322 e. The average molecular weight is 492 g/mol. The van der Waals surface area contributed by atoms with Crippen molar-refractivity contribution in [2.24, 2.45) is 0 Å². The Balaban J connectivity index is 1.20. The van der Waals surface area contributed by atoms with Crippen molar-refractivity contribution in [3.8, 4) is 16.9 Å². The van der Waals surface area contributed by atoms with Crippen molar-refractivity contribution in [1.82, 2.24) is 9.62 Å². The highest BCUT2D eigenvalue weighted by molar-refractivity contribution is 7.89. The summed E-state index contributed by atoms with van der Waals surface area (Å²) in [4.78, 5) is 15.1. The van der Waals surface area contributed by atoms with E-state index in [0.29, 0.717) is 38.2 Å². The Bertz CT molecular complexity index is 1320. The van der Waals surface area contributed by atoms with Gasteiger partial charge in [-0.1, -0.05) is 42.5 Å². The zero-order valence-electron chi connectivity index (χ0n) is 19.7. The first-order chi connectivity index (χ1) is 17.0. The molecule has 1 fully saturated rings. The normalized spacial score (nSPS) is 16.7. The minimum Gasteiger partial charge on any atom is -0.497 e. The van der Waals surface area contributed by atoms with Crippen molar-refractivity contribution in [2.75, 3.05) is 31.6 Å². The number of nitrogens with one attached hydrogen (secondary N) is 1. The molecule has 0 atom stereocenters. The van der Waals surface area contributed by atoms with Crippen LogP contribution in [0.15, 0.2) is 77.7 Å². The second kappa shape index (κ2) is 9.71. The lowest BCUT2D eigenvalue weighted by Crippen LogP contribution is -2.50. The third kappa shape index (κ3) is 4.76. The van der Waals surface area contributed by atoms with Crippen molar-refractivity contribution < 1.29 is 17.9 Å². The number of ether oxygens (including phenoxy) is 1. The molecule has 2 aliphatic heterocycles. The summed E-state index contributed by atoms with van der Waals surface area (Å²) in [6.07, 6.45) is 1.96. The zero-order valence-corrected chi connectivity index (χ0v) is 20.5. The molecule has 0 aromatic heterocycles. The van der Waals surface area contributed by atoms with E-state index < -0.39 is 10.0 Å². The summed E-state index contributed by atoms with van der Waals surface area (Å²) in [5.41, 5.74) is 4.42. The Labute approximate surface area is 206 Å². The summed E-state index contributed by atoms with van der Waals surface area (Å²) in [6.45, 7) is 1.37. The van der Waals surface area contributed by atoms with Crippen LogP contribution in [0.2, 0.25) is 0 Å². The highest BCUT2D eigenvalue weighted by Gasteiger charge is 2.32. The van der Waals surface area contributed by atoms with Crippen LogP contribution in [0.25, 0.3) is 11.1 Å². The monoisotopic (exact) mass is 491 g/mol. The molecule has 7 nitrogen and oxygen atoms in total. The van der Waals surface area contributed by atoms with Gasteiger partial charge in [0.15, 0.2) is 0 Å². The Morgan fingerprint density at radius 2 is 1.69 bits per heavy atom. The van der Waals surface area contributed by atoms with E-state index in [1.165, 1.54) is 23.0 Å². The van der Waals surface area contributed by atoms with Crippen LogP contribution in [0.1, 0.15) is 18.4 Å². The molecule has 2 amide bonds. The van der Waals surface area contributed by atoms with Gasteiger partial charge in [-0.15, -0.1) is 0 Å². The molecule has 0 unspecified atom stereocenters. The number of piperidine rings is 1. The molecular weight excluding hydrogens is 462 g/mol. The van der Waals surface area contributed by atoms with E-state index >= 15 is 0 Å². The molecular formula is C27H29N3O4S. The molecule has 3 aromatic carbocycles. The van der Waals surface area contributed by atoms with Crippen LogP contribution >= 0.6 is 0 Å². The second-order valence-electron chi connectivity index (χ2n) is 8.92. The van der Waals surface area contributed by atoms with Gasteiger partial charge in [0.1, 0.15) is 5.75 Å². The molecule has 35 heavy (non-hydrogen) atoms. The SMILES string of the molecule is COc1cccc(S(=O)(=O)N2CCC(NC(=O)N3CCc4cc(-c5ccccc5)ccc43)CC2)c1. The fourth-order valence-corrected chi connectivity index (χ4v) is 6.33. The molecule has 0 aliphatic carbocycles. The van der Waals surface area contributed by atoms with Crippen LogP contribution < -0.4 is 15.0 Å². The van der Waals surface area contributed by atoms with Crippen molar-refractivity contribution in [2.45, 2.75) is 30.2 Å². The van der Waals surface area contributed by atoms with E-state index in [9.17, 15) is 13.2 Å². The topological polar surface area (TPSA) is 79.0 Å². The molecule has 1 saturated heterocycles. The molecule has 2 aliphatic rings. The number of urea groups is 1. The summed E-state index contributed by atoms with van der Waals surface area (Å²) >= 11 is 0. The second-order valence-corrected chi connectivity index (χ2v) is 10.9. The maximum absolute atomic E-state index is 13.1. The number of nitrogens with zero attached hydrogens (tertiary/aromatic N) is 2. The van der Waals surface area contributed by atoms with Gasteiger partial charge in [0.25, 0.3) is 0 Å². The number of fused-ring (bicyclic) bond motifs is 1. The van der Waals surface area contributed by atoms with Gasteiger partial charge in [0.05, 0.1) is 12.0 Å². The molecule has 182 valence electrons. The number of hydrogen-bond donors (Lipinski definition) is 1. The number of hydrogen-bond acceptors (Lipinski definition) is 4. The predicted octanol–water partition coefficient (Wildman–Crippen LogP) is 4.29. The van der Waals surface area contributed by atoms with Crippen LogP contribution in [-0.4, -0.2) is 51.5 Å². The maximum Gasteiger partial charge on any atom is 0.322 e. The first kappa shape index (κ1) is 23.4. The first-order valence-electron chi connectivity index (χ1n) is 11.9. The van der Waals surface area contributed by atoms with Gasteiger partial charge in [-0.05, 0) is 60.2 Å². The summed E-state index contributed by atoms with van der Waals surface area (Å²) < 4.78 is 32.7. The van der Waals surface area contributed by atoms with Gasteiger partial charge in [-0.3, -0.25) is 4.90 Å². The molecule has 2 heterocycles. The molecule has 1 N–H and O–H groups in total. The molecule has 0 radical (unpaired) electrons. The number of carbonyl (C=O) groups excluding carboxylic acids is 1. The third-order valence-electron chi connectivity index (χ3n) is 6.79. The van der Waals surface area contributed by atoms with Gasteiger partial charge in [-0.25, -0.2) is 13.2 Å². The van der Waals surface area contributed by atoms with Crippen molar-refractivity contribution in [3.63, 3.8) is 0 Å². The minimum absolute atomic E-state index is 0.0631. The van der Waals surface area contributed by atoms with E-state index in [1.807, 2.05) is 24.3 Å². The molecule has 0 saturated carbocycles. The van der Waals surface area contributed by atoms with Crippen LogP contribution in [-0.2, 0) is 16.4 Å². The number of anilines is 1. The van der Waals surface area contributed by atoms with E-state index in [0.717, 1.165) is 23.2 Å². The summed E-state index contributed by atoms with van der Waals surface area (Å²) in [5.74, 6) is 0.509. The number of sulfonamides is 1. The van der Waals surface area contributed by atoms with E-state index in [1.54, 1.807) is 23.1 Å². The van der Waals surface area contributed by atoms with Gasteiger partial charge < -0.3 is 10.1 Å². The van der Waals surface area contributed by atoms with Crippen LogP contribution in [0.3, 0.4) is 0 Å². The number of amides is 2. The molecule has 8 heteroatoms. The molecule has 3 aromatic rings. The maximum atomic E-state index is 13.1. The number of rotatable bonds is 5. The quantitative estimate of drug-likeness (QED) is 0.578. The van der Waals surface area contributed by atoms with Crippen LogP contribution in [0.4, 0.5) is 10.5 Å². The molecule has 0 spiro atoms. The number of methoxy groups -OCH3 is 1. The lowest BCUT2D eigenvalue weighted by atomic mass is 10.0. The molecule has 5 rings (SSSR count).